The molecule has 0 fully saturated rings. The van der Waals surface area contributed by atoms with E-state index in [1.165, 1.54) is 0 Å². The molecule has 0 saturated carbocycles. The second-order valence-corrected chi connectivity index (χ2v) is 3.65. The monoisotopic (exact) mass is 225 g/mol. The van der Waals surface area contributed by atoms with Crippen LogP contribution in [0.15, 0.2) is 35.1 Å². The third-order valence-corrected chi connectivity index (χ3v) is 2.56. The molecule has 1 aromatic carbocycles. The minimum Gasteiger partial charge on any atom is -0.268 e. The minimum absolute atomic E-state index is 0.195. The highest BCUT2D eigenvalue weighted by molar-refractivity contribution is 5.63. The second-order valence-electron chi connectivity index (χ2n) is 3.65. The van der Waals surface area contributed by atoms with Gasteiger partial charge in [-0.15, -0.1) is 0 Å². The lowest BCUT2D eigenvalue weighted by Gasteiger charge is -2.05. The summed E-state index contributed by atoms with van der Waals surface area (Å²) < 4.78 is 0. The summed E-state index contributed by atoms with van der Waals surface area (Å²) in [6.45, 7) is 1.98. The molecule has 17 heavy (non-hydrogen) atoms. The quantitative estimate of drug-likeness (QED) is 0.848. The first kappa shape index (κ1) is 11.1. The third kappa shape index (κ3) is 2.23. The summed E-state index contributed by atoms with van der Waals surface area (Å²) in [5.41, 5.74) is 2.97. The Labute approximate surface area is 98.5 Å². The summed E-state index contributed by atoms with van der Waals surface area (Å²) in [5, 5.41) is 15.2. The summed E-state index contributed by atoms with van der Waals surface area (Å²) in [6, 6.07) is 10.8. The van der Waals surface area contributed by atoms with Crippen molar-refractivity contribution in [2.75, 3.05) is 0 Å². The van der Waals surface area contributed by atoms with Gasteiger partial charge < -0.3 is 0 Å². The van der Waals surface area contributed by atoms with E-state index in [1.807, 2.05) is 19.1 Å². The van der Waals surface area contributed by atoms with Gasteiger partial charge in [-0.3, -0.25) is 4.79 Å². The number of H-pyrrole nitrogens is 1. The predicted molar refractivity (Wildman–Crippen MR) is 64.4 cm³/mol. The third-order valence-electron chi connectivity index (χ3n) is 2.56. The van der Waals surface area contributed by atoms with Crippen LogP contribution in [-0.2, 0) is 6.42 Å². The van der Waals surface area contributed by atoms with Gasteiger partial charge in [-0.25, -0.2) is 5.10 Å². The Morgan fingerprint density at radius 1 is 1.35 bits per heavy atom. The largest absolute Gasteiger partial charge is 0.268 e. The summed E-state index contributed by atoms with van der Waals surface area (Å²) >= 11 is 0. The molecular formula is C13H11N3O. The zero-order valence-electron chi connectivity index (χ0n) is 9.40. The van der Waals surface area contributed by atoms with E-state index in [9.17, 15) is 4.79 Å². The van der Waals surface area contributed by atoms with E-state index in [0.717, 1.165) is 23.2 Å². The molecule has 0 amide bonds. The fourth-order valence-electron chi connectivity index (χ4n) is 1.66. The Balaban J connectivity index is 2.52. The number of rotatable bonds is 2. The topological polar surface area (TPSA) is 69.5 Å². The van der Waals surface area contributed by atoms with E-state index in [0.29, 0.717) is 5.56 Å². The van der Waals surface area contributed by atoms with Crippen molar-refractivity contribution in [2.45, 2.75) is 13.3 Å². The van der Waals surface area contributed by atoms with Crippen LogP contribution in [0.3, 0.4) is 0 Å². The van der Waals surface area contributed by atoms with E-state index in [4.69, 9.17) is 5.26 Å². The summed E-state index contributed by atoms with van der Waals surface area (Å²) in [6.07, 6.45) is 0.742. The molecule has 0 radical (unpaired) electrons. The summed E-state index contributed by atoms with van der Waals surface area (Å²) in [4.78, 5) is 11.2. The first-order chi connectivity index (χ1) is 8.24. The van der Waals surface area contributed by atoms with E-state index < -0.39 is 0 Å². The molecule has 1 heterocycles. The van der Waals surface area contributed by atoms with Gasteiger partial charge in [0.15, 0.2) is 0 Å². The van der Waals surface area contributed by atoms with Crippen LogP contribution in [-0.4, -0.2) is 10.2 Å². The van der Waals surface area contributed by atoms with Gasteiger partial charge in [-0.1, -0.05) is 19.1 Å². The lowest BCUT2D eigenvalue weighted by atomic mass is 10.0. The Morgan fingerprint density at radius 2 is 2.06 bits per heavy atom. The normalized spacial score (nSPS) is 9.88. The highest BCUT2D eigenvalue weighted by Gasteiger charge is 2.06. The van der Waals surface area contributed by atoms with Crippen LogP contribution in [0.1, 0.15) is 18.1 Å². The second kappa shape index (κ2) is 4.62. The number of nitrogens with one attached hydrogen (secondary N) is 1. The van der Waals surface area contributed by atoms with Crippen LogP contribution in [0.2, 0.25) is 0 Å². The molecule has 84 valence electrons. The Hall–Kier alpha value is -2.41. The van der Waals surface area contributed by atoms with Crippen LogP contribution in [0.4, 0.5) is 0 Å². The van der Waals surface area contributed by atoms with Gasteiger partial charge >= 0.3 is 0 Å². The van der Waals surface area contributed by atoms with Crippen molar-refractivity contribution in [3.8, 4) is 17.3 Å². The molecule has 0 aliphatic carbocycles. The maximum Gasteiger partial charge on any atom is 0.264 e. The lowest BCUT2D eigenvalue weighted by Crippen LogP contribution is -2.09. The standard InChI is InChI=1S/C13H11N3O/c1-2-10-7-12(17)15-16-13(10)11-5-3-9(8-14)4-6-11/h3-7H,2H2,1H3,(H,15,17). The van der Waals surface area contributed by atoms with Gasteiger partial charge in [0.2, 0.25) is 0 Å². The maximum atomic E-state index is 11.2. The van der Waals surface area contributed by atoms with E-state index in [-0.39, 0.29) is 5.56 Å². The number of hydrogen-bond acceptors (Lipinski definition) is 3. The molecule has 4 nitrogen and oxygen atoms in total. The number of hydrogen-bond donors (Lipinski definition) is 1. The zero-order chi connectivity index (χ0) is 12.3. The Bertz CT molecular complexity index is 620. The van der Waals surface area contributed by atoms with Crippen LogP contribution >= 0.6 is 0 Å². The van der Waals surface area contributed by atoms with Gasteiger partial charge in [0.05, 0.1) is 17.3 Å². The first-order valence-electron chi connectivity index (χ1n) is 5.33. The molecule has 1 aromatic heterocycles. The van der Waals surface area contributed by atoms with Crippen molar-refractivity contribution in [2.24, 2.45) is 0 Å². The molecule has 0 spiro atoms. The van der Waals surface area contributed by atoms with Crippen LogP contribution in [0.25, 0.3) is 11.3 Å². The molecular weight excluding hydrogens is 214 g/mol. The number of nitrogens with zero attached hydrogens (tertiary/aromatic N) is 2. The number of nitriles is 1. The van der Waals surface area contributed by atoms with Gasteiger partial charge in [-0.2, -0.15) is 10.4 Å². The molecule has 1 N–H and O–H groups in total. The average molecular weight is 225 g/mol. The average Bonchev–Trinajstić information content (AvgIpc) is 2.39. The van der Waals surface area contributed by atoms with Gasteiger partial charge in [0.1, 0.15) is 0 Å². The molecule has 0 saturated heterocycles. The molecule has 2 rings (SSSR count). The molecule has 0 aliphatic rings. The molecule has 2 aromatic rings. The fraction of sp³-hybridized carbons (Fsp3) is 0.154. The number of aromatic nitrogens is 2. The number of aryl methyl sites for hydroxylation is 1. The molecule has 4 heteroatoms. The fourth-order valence-corrected chi connectivity index (χ4v) is 1.66. The lowest BCUT2D eigenvalue weighted by molar-refractivity contribution is 0.957. The zero-order valence-corrected chi connectivity index (χ0v) is 9.40. The first-order valence-corrected chi connectivity index (χ1v) is 5.33. The molecule has 0 unspecified atom stereocenters. The van der Waals surface area contributed by atoms with Gasteiger partial charge in [-0.05, 0) is 24.1 Å². The highest BCUT2D eigenvalue weighted by Crippen LogP contribution is 2.20. The van der Waals surface area contributed by atoms with Crippen molar-refractivity contribution >= 4 is 0 Å². The predicted octanol–water partition coefficient (Wildman–Crippen LogP) is 1.87. The van der Waals surface area contributed by atoms with Crippen molar-refractivity contribution < 1.29 is 0 Å². The van der Waals surface area contributed by atoms with Crippen molar-refractivity contribution in [3.05, 3.63) is 51.8 Å². The van der Waals surface area contributed by atoms with Crippen molar-refractivity contribution in [3.63, 3.8) is 0 Å². The van der Waals surface area contributed by atoms with Crippen molar-refractivity contribution in [1.82, 2.24) is 10.2 Å². The van der Waals surface area contributed by atoms with E-state index >= 15 is 0 Å². The SMILES string of the molecule is CCc1cc(=O)[nH]nc1-c1ccc(C#N)cc1. The minimum atomic E-state index is -0.195. The van der Waals surface area contributed by atoms with Crippen LogP contribution < -0.4 is 5.56 Å². The number of aromatic amines is 1. The highest BCUT2D eigenvalue weighted by atomic mass is 16.1. The molecule has 0 atom stereocenters. The van der Waals surface area contributed by atoms with Crippen molar-refractivity contribution in [1.29, 1.82) is 5.26 Å². The maximum absolute atomic E-state index is 11.2. The Morgan fingerprint density at radius 3 is 2.65 bits per heavy atom. The van der Waals surface area contributed by atoms with Crippen LogP contribution in [0, 0.1) is 11.3 Å². The smallest absolute Gasteiger partial charge is 0.264 e. The van der Waals surface area contributed by atoms with E-state index in [1.54, 1.807) is 18.2 Å². The molecule has 0 bridgehead atoms. The number of benzene rings is 1. The molecule has 0 aliphatic heterocycles. The summed E-state index contributed by atoms with van der Waals surface area (Å²) in [7, 11) is 0. The summed E-state index contributed by atoms with van der Waals surface area (Å²) in [5.74, 6) is 0. The van der Waals surface area contributed by atoms with E-state index in [2.05, 4.69) is 16.3 Å². The van der Waals surface area contributed by atoms with Crippen LogP contribution in [0.5, 0.6) is 0 Å². The Kier molecular flexibility index (Phi) is 3.01. The van der Waals surface area contributed by atoms with Gasteiger partial charge in [0, 0.05) is 11.6 Å². The van der Waals surface area contributed by atoms with Gasteiger partial charge in [0.25, 0.3) is 5.56 Å².